The number of hydrogen-bond donors (Lipinski definition) is 2. The highest BCUT2D eigenvalue weighted by Gasteiger charge is 2.38. The normalized spacial score (nSPS) is 13.4. The Morgan fingerprint density at radius 2 is 1.95 bits per heavy atom. The monoisotopic (exact) mass is 296 g/mol. The van der Waals surface area contributed by atoms with Crippen LogP contribution in [0.2, 0.25) is 0 Å². The van der Waals surface area contributed by atoms with Gasteiger partial charge in [-0.3, -0.25) is 0 Å². The van der Waals surface area contributed by atoms with E-state index in [0.29, 0.717) is 11.8 Å². The van der Waals surface area contributed by atoms with Crippen LogP contribution in [0.4, 0.5) is 13.2 Å². The molecule has 1 atom stereocenters. The zero-order valence-electron chi connectivity index (χ0n) is 10.0. The first kappa shape index (κ1) is 15.7. The molecule has 0 saturated heterocycles. The van der Waals surface area contributed by atoms with Gasteiger partial charge in [0.25, 0.3) is 0 Å². The first-order chi connectivity index (χ1) is 8.62. The van der Waals surface area contributed by atoms with Crippen LogP contribution in [-0.4, -0.2) is 44.2 Å². The standard InChI is InChI=1S/C10H11F3N2O3S/c1-4-7(9(17)18)8(15-5(2)14-4)19-3-6(16)10(11,12)13/h6,16H,3H2,1-2H3,(H,17,18). The second-order valence-electron chi connectivity index (χ2n) is 3.71. The molecule has 1 aromatic heterocycles. The summed E-state index contributed by atoms with van der Waals surface area (Å²) in [5.74, 6) is -1.78. The number of halogens is 3. The Hall–Kier alpha value is -1.35. The molecule has 0 saturated carbocycles. The molecular formula is C10H11F3N2O3S. The quantitative estimate of drug-likeness (QED) is 0.651. The van der Waals surface area contributed by atoms with Crippen LogP contribution < -0.4 is 0 Å². The average molecular weight is 296 g/mol. The van der Waals surface area contributed by atoms with Gasteiger partial charge >= 0.3 is 12.1 Å². The minimum atomic E-state index is -4.74. The van der Waals surface area contributed by atoms with E-state index in [4.69, 9.17) is 10.2 Å². The van der Waals surface area contributed by atoms with E-state index in [0.717, 1.165) is 0 Å². The minimum Gasteiger partial charge on any atom is -0.478 e. The lowest BCUT2D eigenvalue weighted by atomic mass is 10.2. The van der Waals surface area contributed by atoms with Crippen LogP contribution in [0.3, 0.4) is 0 Å². The zero-order valence-corrected chi connectivity index (χ0v) is 10.8. The summed E-state index contributed by atoms with van der Waals surface area (Å²) in [6.07, 6.45) is -7.28. The highest BCUT2D eigenvalue weighted by atomic mass is 32.2. The first-order valence-corrected chi connectivity index (χ1v) is 6.07. The van der Waals surface area contributed by atoms with Crippen LogP contribution in [-0.2, 0) is 0 Å². The Kier molecular flexibility index (Phi) is 4.75. The first-order valence-electron chi connectivity index (χ1n) is 5.09. The van der Waals surface area contributed by atoms with E-state index in [1.165, 1.54) is 13.8 Å². The summed E-state index contributed by atoms with van der Waals surface area (Å²) >= 11 is 0.537. The van der Waals surface area contributed by atoms with Gasteiger partial charge in [0.1, 0.15) is 16.4 Å². The smallest absolute Gasteiger partial charge is 0.415 e. The van der Waals surface area contributed by atoms with Crippen molar-refractivity contribution in [2.24, 2.45) is 0 Å². The van der Waals surface area contributed by atoms with Crippen LogP contribution in [0.25, 0.3) is 0 Å². The van der Waals surface area contributed by atoms with Crippen LogP contribution in [0.1, 0.15) is 21.9 Å². The van der Waals surface area contributed by atoms with Gasteiger partial charge < -0.3 is 10.2 Å². The molecule has 1 aromatic rings. The maximum atomic E-state index is 12.2. The summed E-state index contributed by atoms with van der Waals surface area (Å²) in [7, 11) is 0. The molecule has 0 radical (unpaired) electrons. The van der Waals surface area contributed by atoms with Gasteiger partial charge in [0.2, 0.25) is 0 Å². The maximum absolute atomic E-state index is 12.2. The van der Waals surface area contributed by atoms with E-state index in [9.17, 15) is 18.0 Å². The summed E-state index contributed by atoms with van der Waals surface area (Å²) in [6.45, 7) is 2.94. The van der Waals surface area contributed by atoms with Crippen molar-refractivity contribution in [2.45, 2.75) is 31.2 Å². The molecule has 0 aliphatic rings. The van der Waals surface area contributed by atoms with Crippen molar-refractivity contribution >= 4 is 17.7 Å². The molecule has 0 bridgehead atoms. The van der Waals surface area contributed by atoms with Crippen molar-refractivity contribution in [1.29, 1.82) is 0 Å². The molecule has 0 aliphatic heterocycles. The van der Waals surface area contributed by atoms with Gasteiger partial charge in [0, 0.05) is 5.75 Å². The molecule has 1 heterocycles. The van der Waals surface area contributed by atoms with Gasteiger partial charge in [0.05, 0.1) is 5.69 Å². The van der Waals surface area contributed by atoms with Gasteiger partial charge in [-0.15, -0.1) is 11.8 Å². The molecule has 1 rings (SSSR count). The summed E-state index contributed by atoms with van der Waals surface area (Å²) < 4.78 is 36.5. The predicted octanol–water partition coefficient (Wildman–Crippen LogP) is 1.81. The lowest BCUT2D eigenvalue weighted by Gasteiger charge is -2.14. The third kappa shape index (κ3) is 4.06. The lowest BCUT2D eigenvalue weighted by Crippen LogP contribution is -2.30. The summed E-state index contributed by atoms with van der Waals surface area (Å²) in [6, 6.07) is 0. The molecule has 0 spiro atoms. The Bertz CT molecular complexity index is 494. The van der Waals surface area contributed by atoms with Crippen LogP contribution in [0, 0.1) is 13.8 Å². The molecule has 106 valence electrons. The Balaban J connectivity index is 2.98. The Morgan fingerprint density at radius 1 is 1.37 bits per heavy atom. The van der Waals surface area contributed by atoms with Gasteiger partial charge in [0.15, 0.2) is 6.10 Å². The molecule has 0 fully saturated rings. The Morgan fingerprint density at radius 3 is 2.42 bits per heavy atom. The number of rotatable bonds is 4. The van der Waals surface area contributed by atoms with E-state index in [1.54, 1.807) is 0 Å². The molecule has 0 aromatic carbocycles. The molecule has 0 amide bonds. The number of thioether (sulfide) groups is 1. The molecule has 9 heteroatoms. The van der Waals surface area contributed by atoms with Gasteiger partial charge in [-0.2, -0.15) is 13.2 Å². The number of aliphatic hydroxyl groups excluding tert-OH is 1. The van der Waals surface area contributed by atoms with Gasteiger partial charge in [-0.05, 0) is 13.8 Å². The largest absolute Gasteiger partial charge is 0.478 e. The Labute approximate surface area is 110 Å². The third-order valence-electron chi connectivity index (χ3n) is 2.14. The number of nitrogens with zero attached hydrogens (tertiary/aromatic N) is 2. The zero-order chi connectivity index (χ0) is 14.8. The fraction of sp³-hybridized carbons (Fsp3) is 0.500. The molecule has 1 unspecified atom stereocenters. The van der Waals surface area contributed by atoms with Crippen molar-refractivity contribution in [3.63, 3.8) is 0 Å². The predicted molar refractivity (Wildman–Crippen MR) is 61.3 cm³/mol. The van der Waals surface area contributed by atoms with Crippen LogP contribution in [0.15, 0.2) is 5.03 Å². The summed E-state index contributed by atoms with van der Waals surface area (Å²) in [4.78, 5) is 18.7. The minimum absolute atomic E-state index is 0.0826. The number of aromatic nitrogens is 2. The summed E-state index contributed by atoms with van der Waals surface area (Å²) in [5.41, 5.74) is -0.0750. The van der Waals surface area contributed by atoms with Crippen molar-refractivity contribution in [1.82, 2.24) is 9.97 Å². The SMILES string of the molecule is Cc1nc(C)c(C(=O)O)c(SCC(O)C(F)(F)F)n1. The number of aliphatic hydroxyl groups is 1. The fourth-order valence-electron chi connectivity index (χ4n) is 1.28. The lowest BCUT2D eigenvalue weighted by molar-refractivity contribution is -0.195. The highest BCUT2D eigenvalue weighted by Crippen LogP contribution is 2.28. The number of alkyl halides is 3. The van der Waals surface area contributed by atoms with E-state index < -0.39 is 24.0 Å². The second kappa shape index (κ2) is 5.74. The fourth-order valence-corrected chi connectivity index (χ4v) is 2.36. The van der Waals surface area contributed by atoms with E-state index in [-0.39, 0.29) is 22.1 Å². The van der Waals surface area contributed by atoms with Crippen molar-refractivity contribution < 1.29 is 28.2 Å². The number of carbonyl (C=O) groups is 1. The van der Waals surface area contributed by atoms with E-state index >= 15 is 0 Å². The maximum Gasteiger partial charge on any atom is 0.415 e. The van der Waals surface area contributed by atoms with Gasteiger partial charge in [-0.25, -0.2) is 14.8 Å². The number of carboxylic acids is 1. The van der Waals surface area contributed by atoms with Crippen molar-refractivity contribution in [2.75, 3.05) is 5.75 Å². The highest BCUT2D eigenvalue weighted by molar-refractivity contribution is 7.99. The number of aryl methyl sites for hydroxylation is 2. The van der Waals surface area contributed by atoms with Crippen LogP contribution >= 0.6 is 11.8 Å². The molecule has 2 N–H and O–H groups in total. The van der Waals surface area contributed by atoms with Crippen LogP contribution in [0.5, 0.6) is 0 Å². The average Bonchev–Trinajstić information content (AvgIpc) is 2.22. The van der Waals surface area contributed by atoms with Crippen molar-refractivity contribution in [3.8, 4) is 0 Å². The van der Waals surface area contributed by atoms with E-state index in [1.807, 2.05) is 0 Å². The topological polar surface area (TPSA) is 83.3 Å². The molecule has 5 nitrogen and oxygen atoms in total. The van der Waals surface area contributed by atoms with Gasteiger partial charge in [-0.1, -0.05) is 0 Å². The summed E-state index contributed by atoms with van der Waals surface area (Å²) in [5, 5.41) is 17.8. The molecule has 19 heavy (non-hydrogen) atoms. The second-order valence-corrected chi connectivity index (χ2v) is 4.72. The van der Waals surface area contributed by atoms with Crippen molar-refractivity contribution in [3.05, 3.63) is 17.1 Å². The number of carboxylic acid groups (broad SMARTS) is 1. The third-order valence-corrected chi connectivity index (χ3v) is 3.19. The number of hydrogen-bond acceptors (Lipinski definition) is 5. The molecular weight excluding hydrogens is 285 g/mol. The number of aromatic carboxylic acids is 1. The van der Waals surface area contributed by atoms with E-state index in [2.05, 4.69) is 9.97 Å². The molecule has 0 aliphatic carbocycles.